The second-order valence-corrected chi connectivity index (χ2v) is 4.13. The number of hydrogen-bond acceptors (Lipinski definition) is 0. The molecule has 0 nitrogen and oxygen atoms in total. The molecule has 0 heterocycles. The van der Waals surface area contributed by atoms with Crippen molar-refractivity contribution in [2.24, 2.45) is 11.8 Å². The molecule has 0 aromatic heterocycles. The third kappa shape index (κ3) is 11.7. The van der Waals surface area contributed by atoms with Gasteiger partial charge in [0.1, 0.15) is 0 Å². The lowest BCUT2D eigenvalue weighted by Gasteiger charge is -2.06. The largest absolute Gasteiger partial charge is 0.103 e. The van der Waals surface area contributed by atoms with Gasteiger partial charge in [-0.3, -0.25) is 0 Å². The van der Waals surface area contributed by atoms with E-state index in [-0.39, 0.29) is 0 Å². The molecule has 0 aliphatic rings. The first-order valence-corrected chi connectivity index (χ1v) is 6.26. The van der Waals surface area contributed by atoms with Crippen LogP contribution in [0.2, 0.25) is 0 Å². The first-order chi connectivity index (χ1) is 6.65. The van der Waals surface area contributed by atoms with Crippen LogP contribution in [0.25, 0.3) is 0 Å². The van der Waals surface area contributed by atoms with Gasteiger partial charge in [0.05, 0.1) is 0 Å². The van der Waals surface area contributed by atoms with Crippen LogP contribution in [0.15, 0.2) is 12.7 Å². The van der Waals surface area contributed by atoms with Gasteiger partial charge in [-0.25, -0.2) is 0 Å². The molecule has 0 bridgehead atoms. The number of rotatable bonds is 6. The fourth-order valence-electron chi connectivity index (χ4n) is 1.15. The minimum atomic E-state index is 0.882. The fraction of sp³-hybridized carbons (Fsp3) is 0.857. The normalized spacial score (nSPS) is 9.93. The summed E-state index contributed by atoms with van der Waals surface area (Å²) >= 11 is 0. The van der Waals surface area contributed by atoms with Crippen LogP contribution in [-0.4, -0.2) is 0 Å². The molecule has 0 unspecified atom stereocenters. The molecular weight excluding hydrogens is 168 g/mol. The summed E-state index contributed by atoms with van der Waals surface area (Å²) < 4.78 is 0. The fourth-order valence-corrected chi connectivity index (χ4v) is 1.15. The molecule has 0 heteroatoms. The van der Waals surface area contributed by atoms with Crippen molar-refractivity contribution in [1.82, 2.24) is 0 Å². The van der Waals surface area contributed by atoms with Gasteiger partial charge >= 0.3 is 0 Å². The van der Waals surface area contributed by atoms with Crippen molar-refractivity contribution in [3.05, 3.63) is 12.7 Å². The molecular formula is C14H30. The molecule has 0 aliphatic heterocycles. The third-order valence-electron chi connectivity index (χ3n) is 3.05. The summed E-state index contributed by atoms with van der Waals surface area (Å²) in [6, 6.07) is 0. The summed E-state index contributed by atoms with van der Waals surface area (Å²) in [4.78, 5) is 0. The van der Waals surface area contributed by atoms with Gasteiger partial charge in [0.2, 0.25) is 0 Å². The van der Waals surface area contributed by atoms with E-state index in [0.29, 0.717) is 0 Å². The summed E-state index contributed by atoms with van der Waals surface area (Å²) in [5.74, 6) is 1.82. The van der Waals surface area contributed by atoms with Gasteiger partial charge < -0.3 is 0 Å². The first kappa shape index (κ1) is 16.2. The molecule has 86 valence electrons. The average molecular weight is 198 g/mol. The van der Waals surface area contributed by atoms with Gasteiger partial charge in [-0.1, -0.05) is 66.4 Å². The summed E-state index contributed by atoms with van der Waals surface area (Å²) in [7, 11) is 0. The summed E-state index contributed by atoms with van der Waals surface area (Å²) in [5.41, 5.74) is 0. The topological polar surface area (TPSA) is 0 Å². The standard InChI is InChI=1S/C8H16.C6H14/c1-4-7-8(5-2)6-3;1-4-6(3)5-2/h4,8H,1,5-7H2,2-3H3;6H,4-5H2,1-3H3. The van der Waals surface area contributed by atoms with E-state index < -0.39 is 0 Å². The molecule has 0 fully saturated rings. The Morgan fingerprint density at radius 3 is 1.43 bits per heavy atom. The highest BCUT2D eigenvalue weighted by molar-refractivity contribution is 4.70. The molecule has 0 aromatic rings. The van der Waals surface area contributed by atoms with Crippen LogP contribution in [0.3, 0.4) is 0 Å². The van der Waals surface area contributed by atoms with Gasteiger partial charge in [0.25, 0.3) is 0 Å². The zero-order chi connectivity index (χ0) is 11.4. The number of allylic oxidation sites excluding steroid dienone is 1. The van der Waals surface area contributed by atoms with Crippen molar-refractivity contribution in [3.63, 3.8) is 0 Å². The molecule has 0 amide bonds. The maximum Gasteiger partial charge on any atom is -0.0325 e. The Labute approximate surface area is 91.8 Å². The Morgan fingerprint density at radius 2 is 1.36 bits per heavy atom. The Morgan fingerprint density at radius 1 is 0.929 bits per heavy atom. The van der Waals surface area contributed by atoms with Gasteiger partial charge in [-0.2, -0.15) is 0 Å². The Balaban J connectivity index is 0. The predicted molar refractivity (Wildman–Crippen MR) is 68.6 cm³/mol. The molecule has 0 saturated heterocycles. The molecule has 14 heavy (non-hydrogen) atoms. The van der Waals surface area contributed by atoms with E-state index in [9.17, 15) is 0 Å². The van der Waals surface area contributed by atoms with Crippen molar-refractivity contribution >= 4 is 0 Å². The van der Waals surface area contributed by atoms with Crippen LogP contribution in [-0.2, 0) is 0 Å². The summed E-state index contributed by atoms with van der Waals surface area (Å²) in [5, 5.41) is 0. The Hall–Kier alpha value is -0.260. The molecule has 0 spiro atoms. The monoisotopic (exact) mass is 198 g/mol. The van der Waals surface area contributed by atoms with Crippen molar-refractivity contribution in [2.45, 2.75) is 66.7 Å². The molecule has 0 saturated carbocycles. The minimum absolute atomic E-state index is 0.882. The highest BCUT2D eigenvalue weighted by Gasteiger charge is 1.97. The van der Waals surface area contributed by atoms with Gasteiger partial charge in [-0.15, -0.1) is 6.58 Å². The number of hydrogen-bond donors (Lipinski definition) is 0. The SMILES string of the molecule is C=CCC(CC)CC.CCC(C)CC. The van der Waals surface area contributed by atoms with Gasteiger partial charge in [0.15, 0.2) is 0 Å². The first-order valence-electron chi connectivity index (χ1n) is 6.26. The molecule has 0 radical (unpaired) electrons. The second kappa shape index (κ2) is 12.7. The zero-order valence-corrected chi connectivity index (χ0v) is 11.0. The van der Waals surface area contributed by atoms with E-state index >= 15 is 0 Å². The lowest BCUT2D eigenvalue weighted by atomic mass is 10.00. The van der Waals surface area contributed by atoms with E-state index in [4.69, 9.17) is 0 Å². The van der Waals surface area contributed by atoms with Crippen molar-refractivity contribution < 1.29 is 0 Å². The highest BCUT2D eigenvalue weighted by atomic mass is 14.0. The molecule has 0 aliphatic carbocycles. The Bertz CT molecular complexity index is 96.6. The van der Waals surface area contributed by atoms with Gasteiger partial charge in [0, 0.05) is 0 Å². The van der Waals surface area contributed by atoms with Crippen molar-refractivity contribution in [3.8, 4) is 0 Å². The molecule has 0 aromatic carbocycles. The van der Waals surface area contributed by atoms with Crippen LogP contribution in [0.1, 0.15) is 66.7 Å². The second-order valence-electron chi connectivity index (χ2n) is 4.13. The van der Waals surface area contributed by atoms with Crippen LogP contribution < -0.4 is 0 Å². The lowest BCUT2D eigenvalue weighted by Crippen LogP contribution is -1.92. The zero-order valence-electron chi connectivity index (χ0n) is 11.0. The third-order valence-corrected chi connectivity index (χ3v) is 3.05. The minimum Gasteiger partial charge on any atom is -0.103 e. The van der Waals surface area contributed by atoms with E-state index in [1.54, 1.807) is 0 Å². The highest BCUT2D eigenvalue weighted by Crippen LogP contribution is 2.11. The lowest BCUT2D eigenvalue weighted by molar-refractivity contribution is 0.500. The van der Waals surface area contributed by atoms with Gasteiger partial charge in [-0.05, 0) is 18.3 Å². The van der Waals surface area contributed by atoms with Crippen molar-refractivity contribution in [1.29, 1.82) is 0 Å². The van der Waals surface area contributed by atoms with E-state index in [0.717, 1.165) is 11.8 Å². The summed E-state index contributed by atoms with van der Waals surface area (Å²) in [6.07, 6.45) is 8.45. The molecule has 0 N–H and O–H groups in total. The average Bonchev–Trinajstić information content (AvgIpc) is 2.25. The Kier molecular flexibility index (Phi) is 14.7. The van der Waals surface area contributed by atoms with E-state index in [1.165, 1.54) is 32.1 Å². The molecule has 0 atom stereocenters. The van der Waals surface area contributed by atoms with E-state index in [2.05, 4.69) is 41.2 Å². The van der Waals surface area contributed by atoms with Crippen LogP contribution in [0.5, 0.6) is 0 Å². The van der Waals surface area contributed by atoms with Crippen molar-refractivity contribution in [2.75, 3.05) is 0 Å². The smallest absolute Gasteiger partial charge is 0.0325 e. The molecule has 0 rings (SSSR count). The maximum atomic E-state index is 3.70. The van der Waals surface area contributed by atoms with Crippen LogP contribution >= 0.6 is 0 Å². The van der Waals surface area contributed by atoms with E-state index in [1.807, 2.05) is 6.08 Å². The summed E-state index contributed by atoms with van der Waals surface area (Å²) in [6.45, 7) is 14.9. The maximum absolute atomic E-state index is 3.70. The predicted octanol–water partition coefficient (Wildman–Crippen LogP) is 5.44. The van der Waals surface area contributed by atoms with Crippen LogP contribution in [0, 0.1) is 11.8 Å². The van der Waals surface area contributed by atoms with Crippen LogP contribution in [0.4, 0.5) is 0 Å². The quantitative estimate of drug-likeness (QED) is 0.498.